The molecule has 3 aromatic rings. The highest BCUT2D eigenvalue weighted by Gasteiger charge is 2.23. The summed E-state index contributed by atoms with van der Waals surface area (Å²) in [6, 6.07) is 2.43. The van der Waals surface area contributed by atoms with Gasteiger partial charge in [0, 0.05) is 6.20 Å². The standard InChI is InChI=1S/C16H7Cl2F3N2O3/c17-7-2-8(19)10(22)3-11(7)23-4-6(16(25)26)15(24)5-1-9(20)13(21)12(18)14(5)23/h1-4H,22H2,(H,25,26). The summed E-state index contributed by atoms with van der Waals surface area (Å²) in [5.74, 6) is -5.33. The van der Waals surface area contributed by atoms with Gasteiger partial charge in [0.25, 0.3) is 0 Å². The molecule has 3 rings (SSSR count). The number of carboxylic acid groups (broad SMARTS) is 1. The minimum absolute atomic E-state index is 0.0778. The van der Waals surface area contributed by atoms with Gasteiger partial charge < -0.3 is 15.4 Å². The summed E-state index contributed by atoms with van der Waals surface area (Å²) in [4.78, 5) is 23.7. The van der Waals surface area contributed by atoms with Crippen LogP contribution in [0.25, 0.3) is 16.6 Å². The van der Waals surface area contributed by atoms with Gasteiger partial charge in [0.1, 0.15) is 16.4 Å². The van der Waals surface area contributed by atoms with Crippen LogP contribution in [0.15, 0.2) is 29.2 Å². The van der Waals surface area contributed by atoms with Crippen molar-refractivity contribution in [2.75, 3.05) is 5.73 Å². The molecule has 0 fully saturated rings. The Balaban J connectivity index is 2.59. The molecular formula is C16H7Cl2F3N2O3. The molecule has 0 saturated carbocycles. The van der Waals surface area contributed by atoms with Crippen molar-refractivity contribution in [1.82, 2.24) is 4.57 Å². The Hall–Kier alpha value is -2.71. The lowest BCUT2D eigenvalue weighted by molar-refractivity contribution is 0.0695. The number of nitrogen functional groups attached to an aromatic ring is 1. The number of hydrogen-bond acceptors (Lipinski definition) is 3. The van der Waals surface area contributed by atoms with Gasteiger partial charge in [0.15, 0.2) is 11.6 Å². The number of nitrogens with two attached hydrogens (primary N) is 1. The van der Waals surface area contributed by atoms with Gasteiger partial charge in [-0.25, -0.2) is 18.0 Å². The number of carbonyl (C=O) groups is 1. The summed E-state index contributed by atoms with van der Waals surface area (Å²) < 4.78 is 42.1. The maximum atomic E-state index is 13.9. The molecule has 26 heavy (non-hydrogen) atoms. The smallest absolute Gasteiger partial charge is 0.341 e. The second-order valence-corrected chi connectivity index (χ2v) is 6.04. The van der Waals surface area contributed by atoms with Crippen LogP contribution in [0.2, 0.25) is 10.0 Å². The third-order valence-electron chi connectivity index (χ3n) is 3.68. The molecule has 10 heteroatoms. The van der Waals surface area contributed by atoms with Crippen LogP contribution in [0.1, 0.15) is 10.4 Å². The molecule has 0 amide bonds. The van der Waals surface area contributed by atoms with Crippen LogP contribution in [0, 0.1) is 17.5 Å². The molecule has 0 unspecified atom stereocenters. The highest BCUT2D eigenvalue weighted by Crippen LogP contribution is 2.33. The fourth-order valence-corrected chi connectivity index (χ4v) is 3.00. The number of fused-ring (bicyclic) bond motifs is 1. The van der Waals surface area contributed by atoms with Crippen molar-refractivity contribution in [2.24, 2.45) is 0 Å². The van der Waals surface area contributed by atoms with E-state index < -0.39 is 44.8 Å². The summed E-state index contributed by atoms with van der Waals surface area (Å²) >= 11 is 11.8. The SMILES string of the molecule is Nc1cc(-n2cc(C(=O)O)c(=O)c3cc(F)c(F)c(Cl)c32)c(Cl)cc1F. The third-order valence-corrected chi connectivity index (χ3v) is 4.33. The van der Waals surface area contributed by atoms with Gasteiger partial charge in [-0.2, -0.15) is 0 Å². The van der Waals surface area contributed by atoms with Crippen LogP contribution < -0.4 is 11.2 Å². The van der Waals surface area contributed by atoms with E-state index in [4.69, 9.17) is 28.9 Å². The first kappa shape index (κ1) is 18.1. The zero-order valence-electron chi connectivity index (χ0n) is 12.5. The van der Waals surface area contributed by atoms with Gasteiger partial charge in [-0.15, -0.1) is 0 Å². The van der Waals surface area contributed by atoms with E-state index in [0.717, 1.165) is 22.9 Å². The minimum atomic E-state index is -1.61. The zero-order chi connectivity index (χ0) is 19.3. The van der Waals surface area contributed by atoms with E-state index in [9.17, 15) is 27.9 Å². The van der Waals surface area contributed by atoms with Crippen molar-refractivity contribution >= 4 is 45.8 Å². The number of hydrogen-bond donors (Lipinski definition) is 2. The normalized spacial score (nSPS) is 11.1. The molecule has 3 N–H and O–H groups in total. The van der Waals surface area contributed by atoms with Crippen LogP contribution in [0.3, 0.4) is 0 Å². The Morgan fingerprint density at radius 1 is 1.12 bits per heavy atom. The number of rotatable bonds is 2. The lowest BCUT2D eigenvalue weighted by Crippen LogP contribution is -2.19. The second-order valence-electron chi connectivity index (χ2n) is 5.25. The number of nitrogens with zero attached hydrogens (tertiary/aromatic N) is 1. The molecule has 0 spiro atoms. The average molecular weight is 403 g/mol. The number of halogens is 5. The molecule has 0 aliphatic carbocycles. The van der Waals surface area contributed by atoms with Gasteiger partial charge in [-0.1, -0.05) is 23.2 Å². The van der Waals surface area contributed by atoms with E-state index >= 15 is 0 Å². The number of pyridine rings is 1. The van der Waals surface area contributed by atoms with Crippen LogP contribution in [0.5, 0.6) is 0 Å². The van der Waals surface area contributed by atoms with Crippen LogP contribution in [0.4, 0.5) is 18.9 Å². The molecule has 0 radical (unpaired) electrons. The van der Waals surface area contributed by atoms with Crippen molar-refractivity contribution in [3.63, 3.8) is 0 Å². The Kier molecular flexibility index (Phi) is 4.33. The Morgan fingerprint density at radius 2 is 1.77 bits per heavy atom. The average Bonchev–Trinajstić information content (AvgIpc) is 2.57. The molecule has 0 aliphatic heterocycles. The summed E-state index contributed by atoms with van der Waals surface area (Å²) in [6.45, 7) is 0. The highest BCUT2D eigenvalue weighted by atomic mass is 35.5. The van der Waals surface area contributed by atoms with Gasteiger partial charge in [-0.05, 0) is 18.2 Å². The molecule has 2 aromatic carbocycles. The third kappa shape index (κ3) is 2.67. The van der Waals surface area contributed by atoms with Crippen molar-refractivity contribution in [1.29, 1.82) is 0 Å². The van der Waals surface area contributed by atoms with E-state index in [2.05, 4.69) is 0 Å². The van der Waals surface area contributed by atoms with Gasteiger partial charge in [0.2, 0.25) is 5.43 Å². The number of aromatic carboxylic acids is 1. The van der Waals surface area contributed by atoms with Crippen molar-refractivity contribution < 1.29 is 23.1 Å². The fraction of sp³-hybridized carbons (Fsp3) is 0. The Labute approximate surface area is 153 Å². The fourth-order valence-electron chi connectivity index (χ4n) is 2.47. The van der Waals surface area contributed by atoms with Crippen molar-refractivity contribution in [3.8, 4) is 5.69 Å². The molecule has 1 aromatic heterocycles. The largest absolute Gasteiger partial charge is 0.477 e. The lowest BCUT2D eigenvalue weighted by atomic mass is 10.1. The van der Waals surface area contributed by atoms with Crippen LogP contribution in [-0.2, 0) is 0 Å². The topological polar surface area (TPSA) is 85.3 Å². The monoisotopic (exact) mass is 402 g/mol. The second kappa shape index (κ2) is 6.22. The maximum Gasteiger partial charge on any atom is 0.341 e. The number of benzene rings is 2. The zero-order valence-corrected chi connectivity index (χ0v) is 14.0. The molecule has 0 bridgehead atoms. The van der Waals surface area contributed by atoms with Crippen LogP contribution in [-0.4, -0.2) is 15.6 Å². The first-order valence-electron chi connectivity index (χ1n) is 6.84. The van der Waals surface area contributed by atoms with Crippen molar-refractivity contribution in [3.05, 3.63) is 67.7 Å². The molecule has 0 saturated heterocycles. The summed E-state index contributed by atoms with van der Waals surface area (Å²) in [7, 11) is 0. The summed E-state index contributed by atoms with van der Waals surface area (Å²) in [5.41, 5.74) is 2.92. The van der Waals surface area contributed by atoms with Crippen molar-refractivity contribution in [2.45, 2.75) is 0 Å². The number of anilines is 1. The highest BCUT2D eigenvalue weighted by molar-refractivity contribution is 6.36. The van der Waals surface area contributed by atoms with Gasteiger partial charge in [0.05, 0.1) is 27.3 Å². The molecule has 0 aliphatic rings. The van der Waals surface area contributed by atoms with Crippen LogP contribution >= 0.6 is 23.2 Å². The van der Waals surface area contributed by atoms with E-state index in [1.807, 2.05) is 0 Å². The quantitative estimate of drug-likeness (QED) is 0.501. The van der Waals surface area contributed by atoms with E-state index in [0.29, 0.717) is 6.07 Å². The minimum Gasteiger partial charge on any atom is -0.477 e. The Bertz CT molecular complexity index is 1160. The molecule has 134 valence electrons. The van der Waals surface area contributed by atoms with Gasteiger partial charge >= 0.3 is 5.97 Å². The first-order chi connectivity index (χ1) is 12.1. The first-order valence-corrected chi connectivity index (χ1v) is 7.60. The molecule has 0 atom stereocenters. The lowest BCUT2D eigenvalue weighted by Gasteiger charge is -2.16. The summed E-state index contributed by atoms with van der Waals surface area (Å²) in [5, 5.41) is 7.74. The number of carboxylic acids is 1. The Morgan fingerprint density at radius 3 is 2.38 bits per heavy atom. The molecule has 1 heterocycles. The van der Waals surface area contributed by atoms with E-state index in [1.54, 1.807) is 0 Å². The van der Waals surface area contributed by atoms with Gasteiger partial charge in [-0.3, -0.25) is 4.79 Å². The van der Waals surface area contributed by atoms with E-state index in [-0.39, 0.29) is 21.9 Å². The maximum absolute atomic E-state index is 13.9. The molecular weight excluding hydrogens is 396 g/mol. The number of aromatic nitrogens is 1. The molecule has 5 nitrogen and oxygen atoms in total. The summed E-state index contributed by atoms with van der Waals surface area (Å²) in [6.07, 6.45) is 0.828. The van der Waals surface area contributed by atoms with E-state index in [1.165, 1.54) is 0 Å². The predicted octanol–water partition coefficient (Wildman–Crippen LogP) is 4.00. The predicted molar refractivity (Wildman–Crippen MR) is 90.8 cm³/mol.